The molecule has 150 valence electrons. The number of nitrogens with one attached hydrogen (secondary N) is 2. The van der Waals surface area contributed by atoms with Gasteiger partial charge in [0.1, 0.15) is 41.1 Å². The molecule has 0 radical (unpaired) electrons. The molecule has 11 heteroatoms. The van der Waals surface area contributed by atoms with E-state index < -0.39 is 17.5 Å². The third kappa shape index (κ3) is 4.40. The van der Waals surface area contributed by atoms with Crippen LogP contribution in [0.15, 0.2) is 42.5 Å². The minimum atomic E-state index is -0.724. The Hall–Kier alpha value is -4.15. The summed E-state index contributed by atoms with van der Waals surface area (Å²) in [5.74, 6) is -1.04. The summed E-state index contributed by atoms with van der Waals surface area (Å²) in [4.78, 5) is 22.1. The summed E-state index contributed by atoms with van der Waals surface area (Å²) in [7, 11) is 0. The summed E-state index contributed by atoms with van der Waals surface area (Å²) in [5, 5.41) is 39.6. The van der Waals surface area contributed by atoms with E-state index in [1.54, 1.807) is 0 Å². The maximum Gasteiger partial charge on any atom is 0.269 e. The molecule has 0 aliphatic rings. The number of ether oxygens (including phenoxy) is 1. The lowest BCUT2D eigenvalue weighted by Gasteiger charge is -2.12. The Kier molecular flexibility index (Phi) is 5.58. The molecule has 10 nitrogen and oxygen atoms in total. The van der Waals surface area contributed by atoms with Crippen molar-refractivity contribution in [1.82, 2.24) is 15.5 Å². The van der Waals surface area contributed by atoms with Crippen LogP contribution in [0.1, 0.15) is 10.5 Å². The quantitative estimate of drug-likeness (QED) is 0.350. The van der Waals surface area contributed by atoms with E-state index in [0.717, 1.165) is 6.07 Å². The van der Waals surface area contributed by atoms with Crippen molar-refractivity contribution in [3.63, 3.8) is 0 Å². The number of nitro groups is 1. The van der Waals surface area contributed by atoms with Gasteiger partial charge in [-0.2, -0.15) is 5.10 Å². The molecule has 3 aromatic rings. The third-order valence-corrected chi connectivity index (χ3v) is 3.80. The van der Waals surface area contributed by atoms with Crippen molar-refractivity contribution in [3.8, 4) is 34.3 Å². The van der Waals surface area contributed by atoms with Crippen LogP contribution in [0.4, 0.5) is 10.1 Å². The SMILES string of the molecule is O=C(NCCF)c1cc(-c2c(O)cc(O)cc2Oc2ccc([N+](=O)[O-])cc2)n[nH]1. The van der Waals surface area contributed by atoms with Crippen LogP contribution in [-0.4, -0.2) is 44.5 Å². The minimum absolute atomic E-state index is 0.00132. The summed E-state index contributed by atoms with van der Waals surface area (Å²) in [6, 6.07) is 8.78. The van der Waals surface area contributed by atoms with Crippen LogP contribution in [0, 0.1) is 10.1 Å². The van der Waals surface area contributed by atoms with E-state index >= 15 is 0 Å². The average Bonchev–Trinajstić information content (AvgIpc) is 3.15. The highest BCUT2D eigenvalue weighted by Crippen LogP contribution is 2.42. The fraction of sp³-hybridized carbons (Fsp3) is 0.111. The first-order chi connectivity index (χ1) is 13.9. The van der Waals surface area contributed by atoms with E-state index in [0.29, 0.717) is 0 Å². The standard InChI is InChI=1S/C18H15FN4O6/c19-5-6-20-18(26)14-9-13(21-22-14)17-15(25)7-11(24)8-16(17)29-12-3-1-10(2-4-12)23(27)28/h1-4,7-9,24-25H,5-6H2,(H,20,26)(H,21,22). The zero-order valence-corrected chi connectivity index (χ0v) is 14.8. The van der Waals surface area contributed by atoms with E-state index in [9.17, 15) is 29.5 Å². The first-order valence-electron chi connectivity index (χ1n) is 8.27. The Bertz CT molecular complexity index is 1050. The number of hydrogen-bond donors (Lipinski definition) is 4. The Morgan fingerprint density at radius 3 is 2.62 bits per heavy atom. The number of nitrogens with zero attached hydrogens (tertiary/aromatic N) is 2. The van der Waals surface area contributed by atoms with E-state index in [2.05, 4.69) is 15.5 Å². The largest absolute Gasteiger partial charge is 0.508 e. The van der Waals surface area contributed by atoms with Gasteiger partial charge in [0.2, 0.25) is 0 Å². The molecule has 0 fully saturated rings. The van der Waals surface area contributed by atoms with Gasteiger partial charge < -0.3 is 20.3 Å². The smallest absolute Gasteiger partial charge is 0.269 e. The molecule has 0 atom stereocenters. The van der Waals surface area contributed by atoms with Crippen molar-refractivity contribution >= 4 is 11.6 Å². The summed E-state index contributed by atoms with van der Waals surface area (Å²) in [6.07, 6.45) is 0. The first-order valence-corrected chi connectivity index (χ1v) is 8.27. The van der Waals surface area contributed by atoms with Crippen LogP contribution >= 0.6 is 0 Å². The summed E-state index contributed by atoms with van der Waals surface area (Å²) in [6.45, 7) is -0.884. The van der Waals surface area contributed by atoms with Crippen LogP contribution in [0.3, 0.4) is 0 Å². The highest BCUT2D eigenvalue weighted by atomic mass is 19.1. The van der Waals surface area contributed by atoms with E-state index in [-0.39, 0.29) is 52.2 Å². The number of H-pyrrole nitrogens is 1. The molecule has 0 aliphatic heterocycles. The second-order valence-corrected chi connectivity index (χ2v) is 5.80. The number of aromatic amines is 1. The molecule has 3 rings (SSSR count). The van der Waals surface area contributed by atoms with Crippen LogP contribution in [0.25, 0.3) is 11.3 Å². The zero-order chi connectivity index (χ0) is 21.0. The second-order valence-electron chi connectivity index (χ2n) is 5.80. The van der Waals surface area contributed by atoms with Crippen molar-refractivity contribution < 1.29 is 29.1 Å². The third-order valence-electron chi connectivity index (χ3n) is 3.80. The molecule has 29 heavy (non-hydrogen) atoms. The van der Waals surface area contributed by atoms with Crippen molar-refractivity contribution in [2.75, 3.05) is 13.2 Å². The molecule has 4 N–H and O–H groups in total. The van der Waals surface area contributed by atoms with E-state index in [1.165, 1.54) is 36.4 Å². The molecule has 0 aliphatic carbocycles. The molecule has 1 heterocycles. The van der Waals surface area contributed by atoms with Crippen LogP contribution in [0.5, 0.6) is 23.0 Å². The molecule has 0 saturated carbocycles. The van der Waals surface area contributed by atoms with Crippen molar-refractivity contribution in [2.24, 2.45) is 0 Å². The zero-order valence-electron chi connectivity index (χ0n) is 14.8. The molecule has 1 aromatic heterocycles. The van der Waals surface area contributed by atoms with Crippen molar-refractivity contribution in [3.05, 3.63) is 58.3 Å². The Balaban J connectivity index is 1.94. The lowest BCUT2D eigenvalue weighted by Crippen LogP contribution is -2.25. The number of phenols is 2. The number of aromatic hydroxyl groups is 2. The maximum absolute atomic E-state index is 12.2. The average molecular weight is 402 g/mol. The number of non-ortho nitro benzene ring substituents is 1. The lowest BCUT2D eigenvalue weighted by molar-refractivity contribution is -0.384. The number of carbonyl (C=O) groups is 1. The monoisotopic (exact) mass is 402 g/mol. The number of amides is 1. The highest BCUT2D eigenvalue weighted by molar-refractivity contribution is 5.93. The molecule has 1 amide bonds. The number of hydrogen-bond acceptors (Lipinski definition) is 7. The molecule has 0 unspecified atom stereocenters. The van der Waals surface area contributed by atoms with E-state index in [4.69, 9.17) is 4.74 Å². The molecule has 2 aromatic carbocycles. The highest BCUT2D eigenvalue weighted by Gasteiger charge is 2.19. The maximum atomic E-state index is 12.2. The van der Waals surface area contributed by atoms with Gasteiger partial charge in [-0.25, -0.2) is 4.39 Å². The predicted octanol–water partition coefficient (Wildman–Crippen LogP) is 2.89. The van der Waals surface area contributed by atoms with Crippen molar-refractivity contribution in [2.45, 2.75) is 0 Å². The fourth-order valence-corrected chi connectivity index (χ4v) is 2.51. The fourth-order valence-electron chi connectivity index (χ4n) is 2.51. The number of benzene rings is 2. The number of phenolic OH excluding ortho intramolecular Hbond substituents is 2. The number of alkyl halides is 1. The van der Waals surface area contributed by atoms with Gasteiger partial charge in [-0.15, -0.1) is 0 Å². The molecular formula is C18H15FN4O6. The number of halogens is 1. The van der Waals surface area contributed by atoms with Crippen LogP contribution in [-0.2, 0) is 0 Å². The van der Waals surface area contributed by atoms with Crippen LogP contribution in [0.2, 0.25) is 0 Å². The number of rotatable bonds is 7. The summed E-state index contributed by atoms with van der Waals surface area (Å²) in [5.41, 5.74) is 0.0986. The molecule has 0 saturated heterocycles. The Labute approximate surface area is 162 Å². The van der Waals surface area contributed by atoms with Gasteiger partial charge in [0.05, 0.1) is 10.5 Å². The minimum Gasteiger partial charge on any atom is -0.508 e. The van der Waals surface area contributed by atoms with Gasteiger partial charge in [-0.1, -0.05) is 0 Å². The number of carbonyl (C=O) groups excluding carboxylic acids is 1. The topological polar surface area (TPSA) is 151 Å². The molecule has 0 bridgehead atoms. The molecule has 0 spiro atoms. The summed E-state index contributed by atoms with van der Waals surface area (Å²) < 4.78 is 17.9. The lowest BCUT2D eigenvalue weighted by atomic mass is 10.1. The van der Waals surface area contributed by atoms with Gasteiger partial charge in [-0.05, 0) is 18.2 Å². The van der Waals surface area contributed by atoms with Crippen molar-refractivity contribution in [1.29, 1.82) is 0 Å². The summed E-state index contributed by atoms with van der Waals surface area (Å²) >= 11 is 0. The van der Waals surface area contributed by atoms with E-state index in [1.807, 2.05) is 0 Å². The number of nitro benzene ring substituents is 1. The second kappa shape index (κ2) is 8.25. The van der Waals surface area contributed by atoms with Gasteiger partial charge in [0, 0.05) is 30.8 Å². The number of aromatic nitrogens is 2. The first kappa shape index (κ1) is 19.6. The van der Waals surface area contributed by atoms with Gasteiger partial charge >= 0.3 is 0 Å². The van der Waals surface area contributed by atoms with Gasteiger partial charge in [0.25, 0.3) is 11.6 Å². The Morgan fingerprint density at radius 1 is 1.24 bits per heavy atom. The van der Waals surface area contributed by atoms with Crippen LogP contribution < -0.4 is 10.1 Å². The molecular weight excluding hydrogens is 387 g/mol. The van der Waals surface area contributed by atoms with Gasteiger partial charge in [-0.3, -0.25) is 20.0 Å². The van der Waals surface area contributed by atoms with Gasteiger partial charge in [0.15, 0.2) is 0 Å². The Morgan fingerprint density at radius 2 is 1.97 bits per heavy atom. The predicted molar refractivity (Wildman–Crippen MR) is 98.8 cm³/mol. The normalized spacial score (nSPS) is 10.5.